The Balaban J connectivity index is 2.07. The second-order valence-corrected chi connectivity index (χ2v) is 7.31. The van der Waals surface area contributed by atoms with E-state index in [0.29, 0.717) is 11.3 Å². The van der Waals surface area contributed by atoms with Gasteiger partial charge in [0, 0.05) is 12.6 Å². The first kappa shape index (κ1) is 16.7. The van der Waals surface area contributed by atoms with Crippen LogP contribution in [0.1, 0.15) is 11.3 Å². The average Bonchev–Trinajstić information content (AvgIpc) is 3.07. The van der Waals surface area contributed by atoms with Crippen LogP contribution in [-0.4, -0.2) is 20.4 Å². The maximum Gasteiger partial charge on any atom is 0.300 e. The molecule has 0 saturated heterocycles. The molecule has 0 N–H and O–H groups in total. The van der Waals surface area contributed by atoms with Crippen LogP contribution in [0.3, 0.4) is 0 Å². The fraction of sp³-hybridized carbons (Fsp3) is 0.111. The van der Waals surface area contributed by atoms with Crippen LogP contribution in [0.5, 0.6) is 0 Å². The molecule has 0 saturated carbocycles. The number of nitrogens with zero attached hydrogens (tertiary/aromatic N) is 3. The molecule has 1 aromatic heterocycles. The molecule has 0 aliphatic rings. The van der Waals surface area contributed by atoms with Crippen molar-refractivity contribution in [2.24, 2.45) is 0 Å². The van der Waals surface area contributed by atoms with E-state index in [9.17, 15) is 13.7 Å². The highest BCUT2D eigenvalue weighted by Gasteiger charge is 2.31. The van der Waals surface area contributed by atoms with E-state index in [2.05, 4.69) is 4.98 Å². The Morgan fingerprint density at radius 2 is 1.72 bits per heavy atom. The Hall–Kier alpha value is -3.11. The minimum absolute atomic E-state index is 0.0941. The number of benzene rings is 2. The van der Waals surface area contributed by atoms with Gasteiger partial charge in [0.25, 0.3) is 5.09 Å². The Morgan fingerprint density at radius 3 is 2.32 bits per heavy atom. The molecule has 0 atom stereocenters. The van der Waals surface area contributed by atoms with Gasteiger partial charge in [-0.15, -0.1) is 0 Å². The molecule has 25 heavy (non-hydrogen) atoms. The normalized spacial score (nSPS) is 11.1. The van der Waals surface area contributed by atoms with E-state index in [0.717, 1.165) is 9.87 Å². The third kappa shape index (κ3) is 3.12. The highest BCUT2D eigenvalue weighted by molar-refractivity contribution is 7.92. The van der Waals surface area contributed by atoms with Crippen molar-refractivity contribution in [2.75, 3.05) is 11.4 Å². The van der Waals surface area contributed by atoms with Gasteiger partial charge in [0.2, 0.25) is 11.6 Å². The number of rotatable bonds is 4. The molecule has 0 bridgehead atoms. The molecule has 0 radical (unpaired) electrons. The van der Waals surface area contributed by atoms with E-state index < -0.39 is 15.1 Å². The van der Waals surface area contributed by atoms with Crippen molar-refractivity contribution in [3.05, 3.63) is 65.9 Å². The van der Waals surface area contributed by atoms with Crippen molar-refractivity contribution in [2.45, 2.75) is 12.0 Å². The van der Waals surface area contributed by atoms with Gasteiger partial charge in [-0.1, -0.05) is 35.9 Å². The Bertz CT molecular complexity index is 1030. The molecule has 0 unspecified atom stereocenters. The monoisotopic (exact) mass is 353 g/mol. The molecule has 3 rings (SSSR count). The van der Waals surface area contributed by atoms with Gasteiger partial charge in [-0.25, -0.2) is 0 Å². The van der Waals surface area contributed by atoms with Gasteiger partial charge in [0.15, 0.2) is 0 Å². The van der Waals surface area contributed by atoms with Crippen LogP contribution >= 0.6 is 0 Å². The number of oxazole rings is 1. The highest BCUT2D eigenvalue weighted by atomic mass is 32.2. The number of aryl methyl sites for hydroxylation is 1. The fourth-order valence-corrected chi connectivity index (χ4v) is 3.44. The van der Waals surface area contributed by atoms with Gasteiger partial charge in [-0.3, -0.25) is 4.31 Å². The third-order valence-electron chi connectivity index (χ3n) is 3.72. The number of hydrogen-bond acceptors (Lipinski definition) is 5. The summed E-state index contributed by atoms with van der Waals surface area (Å²) in [5.74, 6) is 0.0941. The molecule has 3 aromatic rings. The van der Waals surface area contributed by atoms with Gasteiger partial charge in [0.1, 0.15) is 6.07 Å². The van der Waals surface area contributed by atoms with Crippen LogP contribution in [0.4, 0.5) is 5.69 Å². The lowest BCUT2D eigenvalue weighted by Gasteiger charge is -2.17. The number of nitriles is 1. The number of sulfonamides is 1. The van der Waals surface area contributed by atoms with Gasteiger partial charge in [0.05, 0.1) is 5.69 Å². The summed E-state index contributed by atoms with van der Waals surface area (Å²) in [6.07, 6.45) is 0. The van der Waals surface area contributed by atoms with E-state index >= 15 is 0 Å². The Morgan fingerprint density at radius 1 is 1.08 bits per heavy atom. The van der Waals surface area contributed by atoms with Gasteiger partial charge >= 0.3 is 10.0 Å². The van der Waals surface area contributed by atoms with Crippen molar-refractivity contribution in [1.29, 1.82) is 5.26 Å². The van der Waals surface area contributed by atoms with Crippen molar-refractivity contribution >= 4 is 15.7 Å². The lowest BCUT2D eigenvalue weighted by molar-refractivity contribution is 0.457. The summed E-state index contributed by atoms with van der Waals surface area (Å²) in [5, 5.41) is 8.82. The van der Waals surface area contributed by atoms with Crippen LogP contribution in [0.15, 0.2) is 64.1 Å². The SMILES string of the molecule is Cc1ccc(-c2nc(C#N)c(S(=O)(=O)N(C)c3ccccc3)o2)cc1. The van der Waals surface area contributed by atoms with Crippen LogP contribution in [0, 0.1) is 18.3 Å². The number of para-hydroxylation sites is 1. The van der Waals surface area contributed by atoms with Crippen LogP contribution < -0.4 is 4.31 Å². The number of aromatic nitrogens is 1. The lowest BCUT2D eigenvalue weighted by atomic mass is 10.1. The molecular weight excluding hydrogens is 338 g/mol. The molecule has 0 aliphatic heterocycles. The molecule has 1 heterocycles. The predicted molar refractivity (Wildman–Crippen MR) is 93.4 cm³/mol. The molecule has 0 amide bonds. The topological polar surface area (TPSA) is 87.2 Å². The second-order valence-electron chi connectivity index (χ2n) is 5.44. The van der Waals surface area contributed by atoms with Crippen molar-refractivity contribution in [1.82, 2.24) is 4.98 Å². The second kappa shape index (κ2) is 6.42. The summed E-state index contributed by atoms with van der Waals surface area (Å²) in [6.45, 7) is 1.94. The van der Waals surface area contributed by atoms with Crippen molar-refractivity contribution in [3.63, 3.8) is 0 Å². The maximum absolute atomic E-state index is 12.9. The van der Waals surface area contributed by atoms with Gasteiger partial charge in [-0.2, -0.15) is 18.7 Å². The van der Waals surface area contributed by atoms with Crippen LogP contribution in [0.2, 0.25) is 0 Å². The first-order chi connectivity index (χ1) is 11.9. The zero-order valence-corrected chi connectivity index (χ0v) is 14.5. The number of anilines is 1. The van der Waals surface area contributed by atoms with E-state index in [1.54, 1.807) is 48.5 Å². The highest BCUT2D eigenvalue weighted by Crippen LogP contribution is 2.29. The molecule has 6 nitrogen and oxygen atoms in total. The minimum atomic E-state index is -4.05. The molecule has 0 fully saturated rings. The molecular formula is C18H15N3O3S. The summed E-state index contributed by atoms with van der Waals surface area (Å²) in [7, 11) is -2.65. The quantitative estimate of drug-likeness (QED) is 0.718. The van der Waals surface area contributed by atoms with Crippen LogP contribution in [0.25, 0.3) is 11.5 Å². The Labute approximate surface area is 146 Å². The molecule has 2 aromatic carbocycles. The van der Waals surface area contributed by atoms with E-state index in [4.69, 9.17) is 4.42 Å². The zero-order valence-electron chi connectivity index (χ0n) is 13.7. The molecule has 0 spiro atoms. The smallest absolute Gasteiger partial charge is 0.300 e. The van der Waals surface area contributed by atoms with Crippen molar-refractivity contribution < 1.29 is 12.8 Å². The van der Waals surface area contributed by atoms with E-state index in [1.807, 2.05) is 19.1 Å². The van der Waals surface area contributed by atoms with Gasteiger partial charge in [-0.05, 0) is 31.2 Å². The average molecular weight is 353 g/mol. The summed E-state index contributed by atoms with van der Waals surface area (Å²) in [5.41, 5.74) is 1.84. The molecule has 7 heteroatoms. The number of hydrogen-bond donors (Lipinski definition) is 0. The zero-order chi connectivity index (χ0) is 18.0. The lowest BCUT2D eigenvalue weighted by Crippen LogP contribution is -2.26. The first-order valence-corrected chi connectivity index (χ1v) is 8.89. The van der Waals surface area contributed by atoms with Crippen LogP contribution in [-0.2, 0) is 10.0 Å². The fourth-order valence-electron chi connectivity index (χ4n) is 2.27. The summed E-state index contributed by atoms with van der Waals surface area (Å²) >= 11 is 0. The van der Waals surface area contributed by atoms with E-state index in [-0.39, 0.29) is 11.6 Å². The summed E-state index contributed by atoms with van der Waals surface area (Å²) < 4.78 is 32.2. The van der Waals surface area contributed by atoms with E-state index in [1.165, 1.54) is 7.05 Å². The molecule has 0 aliphatic carbocycles. The third-order valence-corrected chi connectivity index (χ3v) is 5.39. The largest absolute Gasteiger partial charge is 0.421 e. The minimum Gasteiger partial charge on any atom is -0.421 e. The Kier molecular flexibility index (Phi) is 4.30. The van der Waals surface area contributed by atoms with Crippen molar-refractivity contribution in [3.8, 4) is 17.5 Å². The standard InChI is InChI=1S/C18H15N3O3S/c1-13-8-10-14(11-9-13)17-20-16(12-19)18(24-17)25(22,23)21(2)15-6-4-3-5-7-15/h3-11H,1-2H3. The van der Waals surface area contributed by atoms with Gasteiger partial charge < -0.3 is 4.42 Å². The predicted octanol–water partition coefficient (Wildman–Crippen LogP) is 3.35. The first-order valence-electron chi connectivity index (χ1n) is 7.45. The molecule has 126 valence electrons. The maximum atomic E-state index is 12.9. The summed E-state index contributed by atoms with van der Waals surface area (Å²) in [4.78, 5) is 4.04. The summed E-state index contributed by atoms with van der Waals surface area (Å²) in [6, 6.07) is 17.6.